The van der Waals surface area contributed by atoms with Crippen LogP contribution in [0.4, 0.5) is 0 Å². The number of amides is 1. The number of hydrogen-bond donors (Lipinski definition) is 1. The van der Waals surface area contributed by atoms with Crippen LogP contribution in [0.1, 0.15) is 15.9 Å². The lowest BCUT2D eigenvalue weighted by Crippen LogP contribution is -2.22. The van der Waals surface area contributed by atoms with Crippen LogP contribution in [0.5, 0.6) is 10.9 Å². The molecule has 24 heavy (non-hydrogen) atoms. The van der Waals surface area contributed by atoms with Crippen molar-refractivity contribution in [3.8, 4) is 10.9 Å². The Morgan fingerprint density at radius 2 is 1.96 bits per heavy atom. The predicted molar refractivity (Wildman–Crippen MR) is 96.3 cm³/mol. The standard InChI is InChI=1S/C17H12Cl2N2O2S/c18-13-4-1-12(15(19)9-13)10-21-16(22)11-2-5-14(6-3-11)23-17-20-7-8-24-17/h1-9H,10H2,(H,21,22). The van der Waals surface area contributed by atoms with E-state index in [9.17, 15) is 4.79 Å². The van der Waals surface area contributed by atoms with Gasteiger partial charge in [-0.3, -0.25) is 4.79 Å². The average molecular weight is 379 g/mol. The molecule has 4 nitrogen and oxygen atoms in total. The first kappa shape index (κ1) is 16.8. The van der Waals surface area contributed by atoms with E-state index in [-0.39, 0.29) is 5.91 Å². The quantitative estimate of drug-likeness (QED) is 0.665. The van der Waals surface area contributed by atoms with Gasteiger partial charge in [0.1, 0.15) is 5.75 Å². The second-order valence-electron chi connectivity index (χ2n) is 4.84. The van der Waals surface area contributed by atoms with Crippen LogP contribution in [0.3, 0.4) is 0 Å². The molecule has 0 unspecified atom stereocenters. The molecule has 0 bridgehead atoms. The van der Waals surface area contributed by atoms with Crippen LogP contribution in [0, 0.1) is 0 Å². The lowest BCUT2D eigenvalue weighted by atomic mass is 10.2. The van der Waals surface area contributed by atoms with E-state index in [1.807, 2.05) is 5.38 Å². The van der Waals surface area contributed by atoms with Crippen LogP contribution in [0.15, 0.2) is 54.0 Å². The highest BCUT2D eigenvalue weighted by molar-refractivity contribution is 7.11. The van der Waals surface area contributed by atoms with E-state index in [4.69, 9.17) is 27.9 Å². The van der Waals surface area contributed by atoms with Gasteiger partial charge >= 0.3 is 0 Å². The Kier molecular flexibility index (Phi) is 5.35. The fourth-order valence-corrected chi connectivity index (χ4v) is 2.96. The fourth-order valence-electron chi connectivity index (χ4n) is 1.98. The summed E-state index contributed by atoms with van der Waals surface area (Å²) in [6.45, 7) is 0.326. The van der Waals surface area contributed by atoms with Gasteiger partial charge in [0.05, 0.1) is 0 Å². The molecule has 1 aromatic heterocycles. The van der Waals surface area contributed by atoms with Gasteiger partial charge in [-0.25, -0.2) is 4.98 Å². The van der Waals surface area contributed by atoms with Gasteiger partial charge in [0.25, 0.3) is 11.1 Å². The average Bonchev–Trinajstić information content (AvgIpc) is 3.07. The molecule has 122 valence electrons. The molecule has 1 amide bonds. The van der Waals surface area contributed by atoms with Crippen LogP contribution >= 0.6 is 34.5 Å². The Bertz CT molecular complexity index is 836. The number of ether oxygens (including phenoxy) is 1. The van der Waals surface area contributed by atoms with E-state index in [2.05, 4.69) is 10.3 Å². The molecule has 0 aliphatic heterocycles. The highest BCUT2D eigenvalue weighted by Crippen LogP contribution is 2.24. The highest BCUT2D eigenvalue weighted by atomic mass is 35.5. The van der Waals surface area contributed by atoms with Gasteiger partial charge in [0, 0.05) is 33.7 Å². The van der Waals surface area contributed by atoms with Gasteiger partial charge in [-0.15, -0.1) is 0 Å². The SMILES string of the molecule is O=C(NCc1ccc(Cl)cc1Cl)c1ccc(Oc2nccs2)cc1. The Labute approximate surface area is 153 Å². The molecule has 0 aliphatic carbocycles. The summed E-state index contributed by atoms with van der Waals surface area (Å²) in [5.41, 5.74) is 1.34. The molecule has 0 saturated carbocycles. The van der Waals surface area contributed by atoms with E-state index in [0.717, 1.165) is 5.56 Å². The largest absolute Gasteiger partial charge is 0.431 e. The van der Waals surface area contributed by atoms with E-state index in [0.29, 0.717) is 33.1 Å². The normalized spacial score (nSPS) is 10.4. The molecule has 1 heterocycles. The van der Waals surface area contributed by atoms with E-state index >= 15 is 0 Å². The molecule has 3 aromatic rings. The molecular formula is C17H12Cl2N2O2S. The van der Waals surface area contributed by atoms with Gasteiger partial charge in [0.2, 0.25) is 0 Å². The lowest BCUT2D eigenvalue weighted by Gasteiger charge is -2.08. The zero-order chi connectivity index (χ0) is 16.9. The summed E-state index contributed by atoms with van der Waals surface area (Å²) in [6, 6.07) is 12.0. The van der Waals surface area contributed by atoms with Gasteiger partial charge < -0.3 is 10.1 Å². The van der Waals surface area contributed by atoms with Crippen molar-refractivity contribution in [2.75, 3.05) is 0 Å². The fraction of sp³-hybridized carbons (Fsp3) is 0.0588. The van der Waals surface area contributed by atoms with Crippen molar-refractivity contribution in [1.29, 1.82) is 0 Å². The van der Waals surface area contributed by atoms with Gasteiger partial charge in [0.15, 0.2) is 0 Å². The minimum absolute atomic E-state index is 0.193. The van der Waals surface area contributed by atoms with E-state index in [1.54, 1.807) is 48.7 Å². The highest BCUT2D eigenvalue weighted by Gasteiger charge is 2.08. The third kappa shape index (κ3) is 4.26. The monoisotopic (exact) mass is 378 g/mol. The zero-order valence-corrected chi connectivity index (χ0v) is 14.7. The number of carbonyl (C=O) groups excluding carboxylic acids is 1. The molecule has 1 N–H and O–H groups in total. The van der Waals surface area contributed by atoms with Crippen molar-refractivity contribution in [2.45, 2.75) is 6.54 Å². The molecule has 2 aromatic carbocycles. The van der Waals surface area contributed by atoms with Crippen LogP contribution in [-0.4, -0.2) is 10.9 Å². The summed E-state index contributed by atoms with van der Waals surface area (Å²) in [5, 5.41) is 6.30. The molecule has 0 fully saturated rings. The Balaban J connectivity index is 1.60. The van der Waals surface area contributed by atoms with E-state index in [1.165, 1.54) is 11.3 Å². The number of rotatable bonds is 5. The first-order valence-electron chi connectivity index (χ1n) is 7.01. The maximum absolute atomic E-state index is 12.2. The topological polar surface area (TPSA) is 51.2 Å². The summed E-state index contributed by atoms with van der Waals surface area (Å²) in [4.78, 5) is 16.2. The molecule has 3 rings (SSSR count). The van der Waals surface area contributed by atoms with Crippen LogP contribution in [0.25, 0.3) is 0 Å². The molecule has 0 atom stereocenters. The number of thiazole rings is 1. The van der Waals surface area contributed by atoms with E-state index < -0.39 is 0 Å². The number of carbonyl (C=O) groups is 1. The molecule has 7 heteroatoms. The van der Waals surface area contributed by atoms with Gasteiger partial charge in [-0.2, -0.15) is 0 Å². The Hall–Kier alpha value is -2.08. The molecule has 0 radical (unpaired) electrons. The second kappa shape index (κ2) is 7.66. The van der Waals surface area contributed by atoms with Crippen molar-refractivity contribution in [3.05, 3.63) is 75.2 Å². The molecule has 0 saturated heterocycles. The minimum Gasteiger partial charge on any atom is -0.431 e. The maximum atomic E-state index is 12.2. The third-order valence-corrected chi connectivity index (χ3v) is 4.42. The number of aromatic nitrogens is 1. The molecule has 0 aliphatic rings. The summed E-state index contributed by atoms with van der Waals surface area (Å²) < 4.78 is 5.56. The van der Waals surface area contributed by atoms with Crippen molar-refractivity contribution in [3.63, 3.8) is 0 Å². The number of benzene rings is 2. The van der Waals surface area contributed by atoms with Crippen LogP contribution in [0.2, 0.25) is 10.0 Å². The van der Waals surface area contributed by atoms with Crippen molar-refractivity contribution < 1.29 is 9.53 Å². The summed E-state index contributed by atoms with van der Waals surface area (Å²) in [6.07, 6.45) is 1.67. The minimum atomic E-state index is -0.193. The van der Waals surface area contributed by atoms with Crippen molar-refractivity contribution in [1.82, 2.24) is 10.3 Å². The molecule has 0 spiro atoms. The van der Waals surface area contributed by atoms with Crippen molar-refractivity contribution >= 4 is 40.4 Å². The number of nitrogens with one attached hydrogen (secondary N) is 1. The first-order chi connectivity index (χ1) is 11.6. The van der Waals surface area contributed by atoms with Crippen LogP contribution in [-0.2, 0) is 6.54 Å². The lowest BCUT2D eigenvalue weighted by molar-refractivity contribution is 0.0951. The van der Waals surface area contributed by atoms with Crippen LogP contribution < -0.4 is 10.1 Å². The zero-order valence-electron chi connectivity index (χ0n) is 12.3. The third-order valence-electron chi connectivity index (χ3n) is 3.19. The smallest absolute Gasteiger partial charge is 0.278 e. The number of nitrogens with zero attached hydrogens (tertiary/aromatic N) is 1. The van der Waals surface area contributed by atoms with Gasteiger partial charge in [-0.1, -0.05) is 40.6 Å². The second-order valence-corrected chi connectivity index (χ2v) is 6.54. The first-order valence-corrected chi connectivity index (χ1v) is 8.65. The summed E-state index contributed by atoms with van der Waals surface area (Å²) in [5.74, 6) is 0.434. The number of halogens is 2. The number of hydrogen-bond acceptors (Lipinski definition) is 4. The predicted octanol–water partition coefficient (Wildman–Crippen LogP) is 5.17. The summed E-state index contributed by atoms with van der Waals surface area (Å²) >= 11 is 13.3. The maximum Gasteiger partial charge on any atom is 0.278 e. The molecular weight excluding hydrogens is 367 g/mol. The Morgan fingerprint density at radius 1 is 1.17 bits per heavy atom. The van der Waals surface area contributed by atoms with Gasteiger partial charge in [-0.05, 0) is 42.0 Å². The Morgan fingerprint density at radius 3 is 2.62 bits per heavy atom. The summed E-state index contributed by atoms with van der Waals surface area (Å²) in [7, 11) is 0. The van der Waals surface area contributed by atoms with Crippen molar-refractivity contribution in [2.24, 2.45) is 0 Å².